The van der Waals surface area contributed by atoms with Crippen LogP contribution in [0.15, 0.2) is 18.2 Å². The molecular weight excluding hydrogens is 244 g/mol. The van der Waals surface area contributed by atoms with Gasteiger partial charge in [0.05, 0.1) is 5.41 Å². The SMILES string of the molecule is Cc1cc(C(=O)N2CCC(C)(C(N)=O)C2)ccc1O. The number of nitrogens with two attached hydrogens (primary N) is 1. The van der Waals surface area contributed by atoms with Crippen LogP contribution in [0.3, 0.4) is 0 Å². The molecule has 0 aliphatic carbocycles. The smallest absolute Gasteiger partial charge is 0.253 e. The lowest BCUT2D eigenvalue weighted by Gasteiger charge is -2.21. The molecule has 1 aliphatic heterocycles. The molecule has 2 rings (SSSR count). The Kier molecular flexibility index (Phi) is 3.22. The number of rotatable bonds is 2. The van der Waals surface area contributed by atoms with E-state index >= 15 is 0 Å². The van der Waals surface area contributed by atoms with Gasteiger partial charge in [0.1, 0.15) is 5.75 Å². The minimum absolute atomic E-state index is 0.131. The normalized spacial score (nSPS) is 22.5. The molecule has 0 radical (unpaired) electrons. The molecule has 0 spiro atoms. The van der Waals surface area contributed by atoms with Crippen LogP contribution in [0.1, 0.15) is 29.3 Å². The number of carbonyl (C=O) groups is 2. The quantitative estimate of drug-likeness (QED) is 0.835. The number of phenols is 1. The van der Waals surface area contributed by atoms with Gasteiger partial charge in [-0.15, -0.1) is 0 Å². The molecule has 0 saturated carbocycles. The summed E-state index contributed by atoms with van der Waals surface area (Å²) in [6.45, 7) is 4.40. The lowest BCUT2D eigenvalue weighted by Crippen LogP contribution is -2.38. The molecule has 1 aliphatic rings. The van der Waals surface area contributed by atoms with Gasteiger partial charge in [0.2, 0.25) is 5.91 Å². The van der Waals surface area contributed by atoms with E-state index in [1.807, 2.05) is 0 Å². The van der Waals surface area contributed by atoms with Crippen LogP contribution in [0.4, 0.5) is 0 Å². The maximum atomic E-state index is 12.3. The summed E-state index contributed by atoms with van der Waals surface area (Å²) in [6, 6.07) is 4.74. The average molecular weight is 262 g/mol. The molecule has 102 valence electrons. The number of hydrogen-bond donors (Lipinski definition) is 2. The first kappa shape index (κ1) is 13.4. The largest absolute Gasteiger partial charge is 0.508 e. The van der Waals surface area contributed by atoms with Gasteiger partial charge < -0.3 is 15.7 Å². The van der Waals surface area contributed by atoms with E-state index in [9.17, 15) is 14.7 Å². The molecule has 1 atom stereocenters. The van der Waals surface area contributed by atoms with Crippen LogP contribution >= 0.6 is 0 Å². The van der Waals surface area contributed by atoms with Crippen molar-refractivity contribution in [2.24, 2.45) is 11.1 Å². The Morgan fingerprint density at radius 2 is 2.11 bits per heavy atom. The van der Waals surface area contributed by atoms with E-state index in [-0.39, 0.29) is 17.6 Å². The molecule has 1 saturated heterocycles. The molecule has 1 aromatic carbocycles. The predicted molar refractivity (Wildman–Crippen MR) is 70.7 cm³/mol. The summed E-state index contributed by atoms with van der Waals surface area (Å²) in [7, 11) is 0. The van der Waals surface area contributed by atoms with Crippen molar-refractivity contribution in [3.05, 3.63) is 29.3 Å². The minimum atomic E-state index is -0.637. The third kappa shape index (κ3) is 2.41. The van der Waals surface area contributed by atoms with Gasteiger partial charge >= 0.3 is 0 Å². The lowest BCUT2D eigenvalue weighted by atomic mass is 9.89. The fourth-order valence-electron chi connectivity index (χ4n) is 2.31. The number of carbonyl (C=O) groups excluding carboxylic acids is 2. The predicted octanol–water partition coefficient (Wildman–Crippen LogP) is 1.04. The molecule has 1 heterocycles. The van der Waals surface area contributed by atoms with Crippen LogP contribution in [0, 0.1) is 12.3 Å². The van der Waals surface area contributed by atoms with Gasteiger partial charge in [0.15, 0.2) is 0 Å². The number of phenolic OH excluding ortho intramolecular Hbond substituents is 1. The van der Waals surface area contributed by atoms with Crippen LogP contribution in [0.25, 0.3) is 0 Å². The van der Waals surface area contributed by atoms with E-state index in [4.69, 9.17) is 5.73 Å². The molecule has 1 fully saturated rings. The highest BCUT2D eigenvalue weighted by Crippen LogP contribution is 2.30. The van der Waals surface area contributed by atoms with Crippen molar-refractivity contribution in [2.75, 3.05) is 13.1 Å². The maximum absolute atomic E-state index is 12.3. The molecule has 0 aromatic heterocycles. The van der Waals surface area contributed by atoms with Gasteiger partial charge in [-0.05, 0) is 44.0 Å². The molecule has 3 N–H and O–H groups in total. The van der Waals surface area contributed by atoms with Crippen LogP contribution in [0.2, 0.25) is 0 Å². The van der Waals surface area contributed by atoms with Crippen molar-refractivity contribution in [1.29, 1.82) is 0 Å². The van der Waals surface area contributed by atoms with E-state index in [0.717, 1.165) is 0 Å². The number of primary amides is 1. The first-order chi connectivity index (χ1) is 8.83. The number of hydrogen-bond acceptors (Lipinski definition) is 3. The van der Waals surface area contributed by atoms with E-state index in [0.29, 0.717) is 30.6 Å². The molecule has 1 unspecified atom stereocenters. The molecule has 5 heteroatoms. The van der Waals surface area contributed by atoms with Gasteiger partial charge in [-0.2, -0.15) is 0 Å². The van der Waals surface area contributed by atoms with Crippen LogP contribution in [0.5, 0.6) is 5.75 Å². The summed E-state index contributed by atoms with van der Waals surface area (Å²) in [5, 5.41) is 9.46. The monoisotopic (exact) mass is 262 g/mol. The zero-order valence-corrected chi connectivity index (χ0v) is 11.1. The number of likely N-dealkylation sites (tertiary alicyclic amines) is 1. The molecular formula is C14H18N2O3. The van der Waals surface area contributed by atoms with Crippen molar-refractivity contribution in [1.82, 2.24) is 4.90 Å². The number of aryl methyl sites for hydroxylation is 1. The second-order valence-electron chi connectivity index (χ2n) is 5.40. The maximum Gasteiger partial charge on any atom is 0.253 e. The Balaban J connectivity index is 2.18. The van der Waals surface area contributed by atoms with Gasteiger partial charge in [-0.25, -0.2) is 0 Å². The molecule has 1 aromatic rings. The van der Waals surface area contributed by atoms with E-state index in [1.165, 1.54) is 6.07 Å². The second kappa shape index (κ2) is 4.57. The van der Waals surface area contributed by atoms with Gasteiger partial charge in [0.25, 0.3) is 5.91 Å². The fraction of sp³-hybridized carbons (Fsp3) is 0.429. The summed E-state index contributed by atoms with van der Waals surface area (Å²) in [5.41, 5.74) is 5.90. The van der Waals surface area contributed by atoms with Crippen molar-refractivity contribution in [2.45, 2.75) is 20.3 Å². The van der Waals surface area contributed by atoms with Crippen LogP contribution in [-0.2, 0) is 4.79 Å². The Morgan fingerprint density at radius 1 is 1.42 bits per heavy atom. The minimum Gasteiger partial charge on any atom is -0.508 e. The molecule has 0 bridgehead atoms. The Labute approximate surface area is 112 Å². The Bertz CT molecular complexity index is 541. The van der Waals surface area contributed by atoms with Gasteiger partial charge in [-0.3, -0.25) is 9.59 Å². The highest BCUT2D eigenvalue weighted by molar-refractivity contribution is 5.95. The molecule has 2 amide bonds. The van der Waals surface area contributed by atoms with Gasteiger partial charge in [-0.1, -0.05) is 0 Å². The second-order valence-corrected chi connectivity index (χ2v) is 5.40. The fourth-order valence-corrected chi connectivity index (χ4v) is 2.31. The third-order valence-electron chi connectivity index (χ3n) is 3.80. The average Bonchev–Trinajstić information content (AvgIpc) is 2.76. The molecule has 5 nitrogen and oxygen atoms in total. The summed E-state index contributed by atoms with van der Waals surface area (Å²) < 4.78 is 0. The van der Waals surface area contributed by atoms with Crippen LogP contribution < -0.4 is 5.73 Å². The zero-order chi connectivity index (χ0) is 14.2. The number of nitrogens with zero attached hydrogens (tertiary/aromatic N) is 1. The Hall–Kier alpha value is -2.04. The van der Waals surface area contributed by atoms with Crippen molar-refractivity contribution >= 4 is 11.8 Å². The van der Waals surface area contributed by atoms with Crippen molar-refractivity contribution in [3.8, 4) is 5.75 Å². The van der Waals surface area contributed by atoms with E-state index < -0.39 is 5.41 Å². The summed E-state index contributed by atoms with van der Waals surface area (Å²) >= 11 is 0. The first-order valence-electron chi connectivity index (χ1n) is 6.22. The highest BCUT2D eigenvalue weighted by atomic mass is 16.3. The summed E-state index contributed by atoms with van der Waals surface area (Å²) in [5.74, 6) is -0.335. The first-order valence-corrected chi connectivity index (χ1v) is 6.22. The van der Waals surface area contributed by atoms with Crippen LogP contribution in [-0.4, -0.2) is 34.9 Å². The zero-order valence-electron chi connectivity index (χ0n) is 11.1. The number of benzene rings is 1. The third-order valence-corrected chi connectivity index (χ3v) is 3.80. The summed E-state index contributed by atoms with van der Waals surface area (Å²) in [6.07, 6.45) is 0.588. The number of aromatic hydroxyl groups is 1. The topological polar surface area (TPSA) is 83.6 Å². The Morgan fingerprint density at radius 3 is 2.63 bits per heavy atom. The van der Waals surface area contributed by atoms with E-state index in [2.05, 4.69) is 0 Å². The highest BCUT2D eigenvalue weighted by Gasteiger charge is 2.40. The van der Waals surface area contributed by atoms with Crippen molar-refractivity contribution in [3.63, 3.8) is 0 Å². The number of amides is 2. The van der Waals surface area contributed by atoms with E-state index in [1.54, 1.807) is 30.9 Å². The molecule has 19 heavy (non-hydrogen) atoms. The summed E-state index contributed by atoms with van der Waals surface area (Å²) in [4.78, 5) is 25.3. The standard InChI is InChI=1S/C14H18N2O3/c1-9-7-10(3-4-11(9)17)12(18)16-6-5-14(2,8-16)13(15)19/h3-4,7,17H,5-6,8H2,1-2H3,(H2,15,19). The van der Waals surface area contributed by atoms with Gasteiger partial charge in [0, 0.05) is 18.7 Å². The van der Waals surface area contributed by atoms with Crippen molar-refractivity contribution < 1.29 is 14.7 Å². The lowest BCUT2D eigenvalue weighted by molar-refractivity contribution is -0.126.